The van der Waals surface area contributed by atoms with Crippen LogP contribution in [0.1, 0.15) is 55.4 Å². The molecule has 2 aliphatic heterocycles. The van der Waals surface area contributed by atoms with Crippen LogP contribution in [0.4, 0.5) is 30.2 Å². The molecule has 0 spiro atoms. The number of hydrogen-bond donors (Lipinski definition) is 7. The molecule has 0 unspecified atom stereocenters. The normalized spacial score (nSPS) is 13.0. The van der Waals surface area contributed by atoms with Gasteiger partial charge in [-0.2, -0.15) is 15.3 Å². The first-order valence-electron chi connectivity index (χ1n) is 37.6. The Bertz CT molecular complexity index is 6230. The Morgan fingerprint density at radius 2 is 0.763 bits per heavy atom. The number of pyridine rings is 6. The Kier molecular flexibility index (Phi) is 23.5. The van der Waals surface area contributed by atoms with Crippen molar-refractivity contribution in [1.82, 2.24) is 70.3 Å². The van der Waals surface area contributed by atoms with Gasteiger partial charge in [0.1, 0.15) is 11.5 Å². The maximum Gasteiger partial charge on any atom is 0.276 e. The van der Waals surface area contributed by atoms with Gasteiger partial charge in [0.15, 0.2) is 51.8 Å². The zero-order valence-electron chi connectivity index (χ0n) is 62.8. The average Bonchev–Trinajstić information content (AvgIpc) is 1.63. The summed E-state index contributed by atoms with van der Waals surface area (Å²) >= 11 is 0. The van der Waals surface area contributed by atoms with Crippen LogP contribution in [-0.2, 0) is 17.8 Å². The number of fused-ring (bicyclic) bond motifs is 3. The van der Waals surface area contributed by atoms with Crippen LogP contribution in [0, 0.1) is 17.5 Å². The van der Waals surface area contributed by atoms with Gasteiger partial charge in [-0.05, 0) is 162 Å². The van der Waals surface area contributed by atoms with Crippen molar-refractivity contribution in [3.05, 3.63) is 314 Å². The van der Waals surface area contributed by atoms with Crippen molar-refractivity contribution in [3.8, 4) is 79.8 Å². The van der Waals surface area contributed by atoms with Gasteiger partial charge < -0.3 is 44.7 Å². The number of likely N-dealkylation sites (tertiary alicyclic amines) is 1. The maximum atomic E-state index is 13.8. The van der Waals surface area contributed by atoms with Crippen LogP contribution < -0.4 is 34.9 Å². The second kappa shape index (κ2) is 36.1. The third-order valence-corrected chi connectivity index (χ3v) is 19.2. The van der Waals surface area contributed by atoms with Gasteiger partial charge in [0, 0.05) is 121 Å². The highest BCUT2D eigenvalue weighted by Crippen LogP contribution is 2.34. The Hall–Kier alpha value is -14.9. The lowest BCUT2D eigenvalue weighted by Crippen LogP contribution is -2.35. The summed E-state index contributed by atoms with van der Waals surface area (Å²) in [6, 6.07) is 60.5. The number of piperidine rings is 1. The highest BCUT2D eigenvalue weighted by atomic mass is 19.1. The quantitative estimate of drug-likeness (QED) is 0.0351. The van der Waals surface area contributed by atoms with Gasteiger partial charge in [0.25, 0.3) is 17.7 Å². The second-order valence-corrected chi connectivity index (χ2v) is 27.5. The molecule has 2 aliphatic rings. The largest absolute Gasteiger partial charge is 0.456 e. The van der Waals surface area contributed by atoms with Crippen molar-refractivity contribution in [2.45, 2.75) is 32.0 Å². The van der Waals surface area contributed by atoms with Gasteiger partial charge >= 0.3 is 0 Å². The highest BCUT2D eigenvalue weighted by molar-refractivity contribution is 6.13. The van der Waals surface area contributed by atoms with E-state index in [2.05, 4.69) is 98.4 Å². The van der Waals surface area contributed by atoms with E-state index in [1.165, 1.54) is 55.0 Å². The number of para-hydroxylation sites is 4. The monoisotopic (exact) mass is 1580 g/mol. The number of aromatic amines is 3. The number of aromatic nitrogens is 12. The minimum Gasteiger partial charge on any atom is -0.456 e. The predicted molar refractivity (Wildman–Crippen MR) is 437 cm³/mol. The highest BCUT2D eigenvalue weighted by Gasteiger charge is 2.23. The minimum atomic E-state index is -0.493. The van der Waals surface area contributed by atoms with Gasteiger partial charge in [-0.15, -0.1) is 0 Å². The van der Waals surface area contributed by atoms with E-state index >= 15 is 0 Å². The summed E-state index contributed by atoms with van der Waals surface area (Å²) in [7, 11) is 0. The van der Waals surface area contributed by atoms with E-state index < -0.39 is 29.3 Å². The molecule has 11 heterocycles. The van der Waals surface area contributed by atoms with Gasteiger partial charge in [-0.3, -0.25) is 54.4 Å². The van der Waals surface area contributed by atoms with Crippen LogP contribution in [0.3, 0.4) is 0 Å². The average molecular weight is 1580 g/mol. The molecule has 0 aliphatic carbocycles. The number of carbonyl (C=O) groups is 3. The fourth-order valence-electron chi connectivity index (χ4n) is 13.2. The topological polar surface area (TPSA) is 324 Å². The minimum absolute atomic E-state index is 0.0629. The molecule has 29 heteroatoms. The van der Waals surface area contributed by atoms with Crippen molar-refractivity contribution in [2.75, 3.05) is 55.3 Å². The molecule has 2 fully saturated rings. The number of aliphatic hydroxyl groups excluding tert-OH is 1. The Morgan fingerprint density at radius 1 is 0.390 bits per heavy atom. The summed E-state index contributed by atoms with van der Waals surface area (Å²) in [5.74, 6) is -0.555. The number of nitrogens with zero attached hydrogens (tertiary/aromatic N) is 11. The molecule has 0 saturated carbocycles. The third-order valence-electron chi connectivity index (χ3n) is 19.2. The van der Waals surface area contributed by atoms with Crippen molar-refractivity contribution in [2.24, 2.45) is 0 Å². The molecule has 26 nitrogen and oxygen atoms in total. The number of rotatable bonds is 21. The first kappa shape index (κ1) is 77.0. The summed E-state index contributed by atoms with van der Waals surface area (Å²) in [4.78, 5) is 69.7. The lowest BCUT2D eigenvalue weighted by molar-refractivity contribution is 0.0341. The van der Waals surface area contributed by atoms with Crippen LogP contribution in [0.5, 0.6) is 46.4 Å². The van der Waals surface area contributed by atoms with Crippen molar-refractivity contribution in [3.63, 3.8) is 0 Å². The zero-order chi connectivity index (χ0) is 80.7. The zero-order valence-corrected chi connectivity index (χ0v) is 62.8. The van der Waals surface area contributed by atoms with Crippen molar-refractivity contribution < 1.29 is 56.3 Å². The number of morpholine rings is 1. The molecule has 18 rings (SSSR count). The molecule has 3 amide bonds. The van der Waals surface area contributed by atoms with E-state index in [1.54, 1.807) is 91.4 Å². The number of carbonyl (C=O) groups excluding carboxylic acids is 3. The molecular formula is C89H72F3N17O9. The van der Waals surface area contributed by atoms with Gasteiger partial charge in [-0.1, -0.05) is 72.8 Å². The van der Waals surface area contributed by atoms with Gasteiger partial charge in [-0.25, -0.2) is 28.1 Å². The number of ether oxygens (including phenoxy) is 5. The molecule has 9 aromatic heterocycles. The second-order valence-electron chi connectivity index (χ2n) is 27.5. The fourth-order valence-corrected chi connectivity index (χ4v) is 13.2. The lowest BCUT2D eigenvalue weighted by atomic mass is 10.0. The van der Waals surface area contributed by atoms with Crippen LogP contribution in [0.15, 0.2) is 268 Å². The van der Waals surface area contributed by atoms with Crippen LogP contribution >= 0.6 is 0 Å². The molecule has 0 bridgehead atoms. The summed E-state index contributed by atoms with van der Waals surface area (Å²) in [5, 5.41) is 41.6. The van der Waals surface area contributed by atoms with Crippen LogP contribution in [-0.4, -0.2) is 139 Å². The molecule has 16 aromatic rings. The van der Waals surface area contributed by atoms with E-state index in [9.17, 15) is 32.7 Å². The van der Waals surface area contributed by atoms with E-state index in [-0.39, 0.29) is 64.0 Å². The SMILES string of the molecule is O=C(Nc1ccc(Oc2ccccc2F)nc1)c1n[nH]c2ccc(-c3cncc(CN4CCC(O)CC4)c3)cc12.O=C(Nc1ccc(Oc2ccccc2F)nc1)c1n[nH]c2ccc(-c3cncc(CN4CCOCC4)c3)cc12.O=C(Nc1ccc(Oc2ccccc2F)nc1)c1n[nH]c2ccc(-c3cncc(Oc4ccccc4)c3)cc12. The standard InChI is InChI=1S/C30H27FN6O3.C30H20FN5O3.C29H25FN6O3/c31-25-3-1-2-4-27(25)40-28-8-6-22(17-33-28)34-30(39)29-24-14-20(5-7-26(24)35-36-29)21-13-19(15-32-16-21)18-37-11-9-23(38)10-12-37;31-25-8-4-5-9-27(25)39-28-13-11-21(17-33-28)34-30(37)29-24-15-19(10-12-26(24)35-36-29)20-14-23(18-32-16-20)38-22-6-2-1-3-7-22;30-24-3-1-2-4-26(24)39-27-8-6-22(17-32-27)33-29(37)28-23-14-20(5-7-25(23)34-35-28)21-13-19(15-31-16-21)18-36-9-11-38-12-10-36/h1-8,13-17,23,38H,9-12,18H2,(H,34,39)(H,35,36);1-18H,(H,34,37)(H,35,36);1-8,13-17H,9-12,18H2,(H,33,37)(H,34,35). The van der Waals surface area contributed by atoms with Crippen LogP contribution in [0.2, 0.25) is 0 Å². The molecule has 0 atom stereocenters. The number of hydrogen-bond acceptors (Lipinski definition) is 20. The molecule has 0 radical (unpaired) electrons. The first-order valence-corrected chi connectivity index (χ1v) is 37.6. The van der Waals surface area contributed by atoms with Crippen molar-refractivity contribution in [1.29, 1.82) is 0 Å². The first-order chi connectivity index (χ1) is 57.8. The molecular weight excluding hydrogens is 1510 g/mol. The van der Waals surface area contributed by atoms with Gasteiger partial charge in [0.05, 0.1) is 77.7 Å². The molecule has 7 N–H and O–H groups in total. The van der Waals surface area contributed by atoms with Crippen molar-refractivity contribution >= 4 is 67.5 Å². The van der Waals surface area contributed by atoms with Gasteiger partial charge in [0.2, 0.25) is 17.6 Å². The lowest BCUT2D eigenvalue weighted by Gasteiger charge is -2.29. The third kappa shape index (κ3) is 19.1. The maximum absolute atomic E-state index is 13.8. The predicted octanol–water partition coefficient (Wildman–Crippen LogP) is 17.2. The Labute approximate surface area is 671 Å². The summed E-state index contributed by atoms with van der Waals surface area (Å²) in [6.45, 7) is 6.61. The van der Waals surface area contributed by atoms with E-state index in [1.807, 2.05) is 110 Å². The molecule has 2 saturated heterocycles. The Morgan fingerprint density at radius 3 is 1.15 bits per heavy atom. The van der Waals surface area contributed by atoms with E-state index in [4.69, 9.17) is 23.7 Å². The molecule has 588 valence electrons. The number of nitrogens with one attached hydrogen (secondary N) is 6. The van der Waals surface area contributed by atoms with E-state index in [0.717, 1.165) is 121 Å². The smallest absolute Gasteiger partial charge is 0.276 e. The summed E-state index contributed by atoms with van der Waals surface area (Å²) < 4.78 is 69.3. The number of aliphatic hydroxyl groups is 1. The molecule has 118 heavy (non-hydrogen) atoms. The number of benzene rings is 7. The Balaban J connectivity index is 0.000000132. The number of anilines is 3. The van der Waals surface area contributed by atoms with E-state index in [0.29, 0.717) is 50.2 Å². The number of H-pyrrole nitrogens is 3. The number of halogens is 3. The summed E-state index contributed by atoms with van der Waals surface area (Å²) in [5.41, 5.74) is 11.9. The van der Waals surface area contributed by atoms with Crippen LogP contribution in [0.25, 0.3) is 66.1 Å². The molecule has 7 aromatic carbocycles. The summed E-state index contributed by atoms with van der Waals surface area (Å²) in [6.07, 6.45) is 16.4. The fraction of sp³-hybridized carbons (Fsp3) is 0.124. The number of amides is 3.